The van der Waals surface area contributed by atoms with Crippen LogP contribution in [0.3, 0.4) is 0 Å². The minimum absolute atomic E-state index is 0.139. The van der Waals surface area contributed by atoms with Crippen LogP contribution in [0.4, 0.5) is 0 Å². The smallest absolute Gasteiger partial charge is 0.260 e. The molecule has 16 heavy (non-hydrogen) atoms. The summed E-state index contributed by atoms with van der Waals surface area (Å²) >= 11 is 5.97. The molecule has 0 heterocycles. The zero-order valence-corrected chi connectivity index (χ0v) is 10.5. The molecule has 1 amide bonds. The molecule has 1 rings (SSSR count). The van der Waals surface area contributed by atoms with Crippen molar-refractivity contribution in [2.75, 3.05) is 6.54 Å². The highest BCUT2D eigenvalue weighted by Crippen LogP contribution is 2.26. The third-order valence-corrected chi connectivity index (χ3v) is 2.42. The van der Waals surface area contributed by atoms with Crippen LogP contribution in [0.25, 0.3) is 0 Å². The molecule has 88 valence electrons. The first-order chi connectivity index (χ1) is 7.54. The second-order valence-corrected chi connectivity index (χ2v) is 4.00. The zero-order valence-electron chi connectivity index (χ0n) is 9.71. The van der Waals surface area contributed by atoms with Gasteiger partial charge in [0, 0.05) is 6.54 Å². The molecule has 0 spiro atoms. The average Bonchev–Trinajstić information content (AvgIpc) is 2.23. The Labute approximate surface area is 101 Å². The third-order valence-electron chi connectivity index (χ3n) is 2.11. The van der Waals surface area contributed by atoms with Gasteiger partial charge >= 0.3 is 0 Å². The molecule has 0 aliphatic carbocycles. The van der Waals surface area contributed by atoms with Gasteiger partial charge in [0.25, 0.3) is 5.91 Å². The quantitative estimate of drug-likeness (QED) is 0.880. The number of hydrogen-bond donors (Lipinski definition) is 1. The van der Waals surface area contributed by atoms with Crippen molar-refractivity contribution in [1.29, 1.82) is 0 Å². The maximum atomic E-state index is 11.5. The van der Waals surface area contributed by atoms with Crippen LogP contribution < -0.4 is 10.1 Å². The van der Waals surface area contributed by atoms with Crippen LogP contribution in [0, 0.1) is 6.92 Å². The van der Waals surface area contributed by atoms with E-state index in [1.54, 1.807) is 13.0 Å². The van der Waals surface area contributed by atoms with Gasteiger partial charge in [-0.3, -0.25) is 4.79 Å². The fraction of sp³-hybridized carbons (Fsp3) is 0.417. The summed E-state index contributed by atoms with van der Waals surface area (Å²) in [4.78, 5) is 11.5. The Kier molecular flexibility index (Phi) is 4.62. The lowest BCUT2D eigenvalue weighted by Gasteiger charge is -2.15. The van der Waals surface area contributed by atoms with Gasteiger partial charge in [-0.25, -0.2) is 0 Å². The molecule has 0 saturated carbocycles. The van der Waals surface area contributed by atoms with Crippen molar-refractivity contribution in [3.8, 4) is 5.75 Å². The van der Waals surface area contributed by atoms with Crippen LogP contribution in [-0.2, 0) is 4.79 Å². The van der Waals surface area contributed by atoms with E-state index in [1.165, 1.54) is 0 Å². The van der Waals surface area contributed by atoms with E-state index in [0.717, 1.165) is 5.56 Å². The van der Waals surface area contributed by atoms with E-state index in [0.29, 0.717) is 17.3 Å². The number of nitrogens with one attached hydrogen (secondary N) is 1. The van der Waals surface area contributed by atoms with Crippen LogP contribution in [0.5, 0.6) is 5.75 Å². The maximum Gasteiger partial charge on any atom is 0.260 e. The lowest BCUT2D eigenvalue weighted by Crippen LogP contribution is -2.36. The molecule has 0 saturated heterocycles. The van der Waals surface area contributed by atoms with Gasteiger partial charge < -0.3 is 10.1 Å². The highest BCUT2D eigenvalue weighted by Gasteiger charge is 2.14. The van der Waals surface area contributed by atoms with Gasteiger partial charge in [-0.2, -0.15) is 0 Å². The Morgan fingerprint density at radius 3 is 2.88 bits per heavy atom. The van der Waals surface area contributed by atoms with E-state index >= 15 is 0 Å². The SMILES string of the molecule is CCNC(=O)C(C)Oc1cc(C)ccc1Cl. The van der Waals surface area contributed by atoms with Crippen LogP contribution in [-0.4, -0.2) is 18.6 Å². The predicted molar refractivity (Wildman–Crippen MR) is 65.0 cm³/mol. The minimum Gasteiger partial charge on any atom is -0.479 e. The Balaban J connectivity index is 2.72. The Bertz CT molecular complexity index is 379. The standard InChI is InChI=1S/C12H16ClNO2/c1-4-14-12(15)9(3)16-11-7-8(2)5-6-10(11)13/h5-7,9H,4H2,1-3H3,(H,14,15). The van der Waals surface area contributed by atoms with E-state index in [4.69, 9.17) is 16.3 Å². The summed E-state index contributed by atoms with van der Waals surface area (Å²) in [6.07, 6.45) is -0.542. The number of likely N-dealkylation sites (N-methyl/N-ethyl adjacent to an activating group) is 1. The third kappa shape index (κ3) is 3.42. The first-order valence-electron chi connectivity index (χ1n) is 5.25. The lowest BCUT2D eigenvalue weighted by atomic mass is 10.2. The molecule has 1 aromatic rings. The molecule has 0 aromatic heterocycles. The minimum atomic E-state index is -0.542. The summed E-state index contributed by atoms with van der Waals surface area (Å²) in [5.41, 5.74) is 1.04. The largest absolute Gasteiger partial charge is 0.479 e. The van der Waals surface area contributed by atoms with E-state index in [1.807, 2.05) is 26.0 Å². The van der Waals surface area contributed by atoms with Gasteiger partial charge in [-0.1, -0.05) is 17.7 Å². The molecule has 3 nitrogen and oxygen atoms in total. The average molecular weight is 242 g/mol. The van der Waals surface area contributed by atoms with Crippen molar-refractivity contribution in [1.82, 2.24) is 5.32 Å². The topological polar surface area (TPSA) is 38.3 Å². The summed E-state index contributed by atoms with van der Waals surface area (Å²) in [5.74, 6) is 0.403. The van der Waals surface area contributed by atoms with Crippen molar-refractivity contribution in [3.05, 3.63) is 28.8 Å². The number of ether oxygens (including phenoxy) is 1. The number of carbonyl (C=O) groups is 1. The second-order valence-electron chi connectivity index (χ2n) is 3.59. The Morgan fingerprint density at radius 1 is 1.56 bits per heavy atom. The van der Waals surface area contributed by atoms with Crippen molar-refractivity contribution in [3.63, 3.8) is 0 Å². The zero-order chi connectivity index (χ0) is 12.1. The fourth-order valence-corrected chi connectivity index (χ4v) is 1.42. The van der Waals surface area contributed by atoms with Gasteiger partial charge in [-0.15, -0.1) is 0 Å². The Hall–Kier alpha value is -1.22. The molecular weight excluding hydrogens is 226 g/mol. The summed E-state index contributed by atoms with van der Waals surface area (Å²) in [7, 11) is 0. The summed E-state index contributed by atoms with van der Waals surface area (Å²) in [6.45, 7) is 6.10. The summed E-state index contributed by atoms with van der Waals surface area (Å²) < 4.78 is 5.50. The predicted octanol–water partition coefficient (Wildman–Crippen LogP) is 2.55. The van der Waals surface area contributed by atoms with E-state index in [9.17, 15) is 4.79 Å². The van der Waals surface area contributed by atoms with Crippen LogP contribution >= 0.6 is 11.6 Å². The van der Waals surface area contributed by atoms with E-state index < -0.39 is 6.10 Å². The summed E-state index contributed by atoms with van der Waals surface area (Å²) in [5, 5.41) is 3.21. The lowest BCUT2D eigenvalue weighted by molar-refractivity contribution is -0.127. The number of hydrogen-bond acceptors (Lipinski definition) is 2. The number of rotatable bonds is 4. The fourth-order valence-electron chi connectivity index (χ4n) is 1.26. The number of carbonyl (C=O) groups excluding carboxylic acids is 1. The van der Waals surface area contributed by atoms with Crippen molar-refractivity contribution >= 4 is 17.5 Å². The van der Waals surface area contributed by atoms with Crippen molar-refractivity contribution in [2.45, 2.75) is 26.9 Å². The molecule has 1 atom stereocenters. The molecule has 0 aliphatic heterocycles. The molecule has 1 aromatic carbocycles. The van der Waals surface area contributed by atoms with Gasteiger partial charge in [0.1, 0.15) is 5.75 Å². The normalized spacial score (nSPS) is 12.0. The molecule has 1 N–H and O–H groups in total. The van der Waals surface area contributed by atoms with Gasteiger partial charge in [0.05, 0.1) is 5.02 Å². The molecule has 4 heteroatoms. The van der Waals surface area contributed by atoms with Gasteiger partial charge in [0.15, 0.2) is 6.10 Å². The number of halogens is 1. The van der Waals surface area contributed by atoms with E-state index in [-0.39, 0.29) is 5.91 Å². The first-order valence-corrected chi connectivity index (χ1v) is 5.63. The Morgan fingerprint density at radius 2 is 2.25 bits per heavy atom. The highest BCUT2D eigenvalue weighted by molar-refractivity contribution is 6.32. The molecular formula is C12H16ClNO2. The molecule has 0 aliphatic rings. The van der Waals surface area contributed by atoms with E-state index in [2.05, 4.69) is 5.32 Å². The molecule has 0 bridgehead atoms. The monoisotopic (exact) mass is 241 g/mol. The van der Waals surface area contributed by atoms with Gasteiger partial charge in [0.2, 0.25) is 0 Å². The second kappa shape index (κ2) is 5.75. The van der Waals surface area contributed by atoms with Gasteiger partial charge in [-0.05, 0) is 38.5 Å². The van der Waals surface area contributed by atoms with Crippen LogP contribution in [0.15, 0.2) is 18.2 Å². The van der Waals surface area contributed by atoms with Crippen LogP contribution in [0.1, 0.15) is 19.4 Å². The van der Waals surface area contributed by atoms with Crippen LogP contribution in [0.2, 0.25) is 5.02 Å². The van der Waals surface area contributed by atoms with Crippen molar-refractivity contribution < 1.29 is 9.53 Å². The number of aryl methyl sites for hydroxylation is 1. The maximum absolute atomic E-state index is 11.5. The summed E-state index contributed by atoms with van der Waals surface area (Å²) in [6, 6.07) is 5.47. The number of amides is 1. The molecule has 1 unspecified atom stereocenters. The molecule has 0 radical (unpaired) electrons. The number of benzene rings is 1. The highest BCUT2D eigenvalue weighted by atomic mass is 35.5. The molecule has 0 fully saturated rings. The first kappa shape index (κ1) is 12.8. The van der Waals surface area contributed by atoms with Crippen molar-refractivity contribution in [2.24, 2.45) is 0 Å².